The van der Waals surface area contributed by atoms with E-state index in [9.17, 15) is 5.11 Å². The molecule has 0 fully saturated rings. The molecule has 0 saturated carbocycles. The Kier molecular flexibility index (Phi) is 5.81. The van der Waals surface area contributed by atoms with E-state index in [0.29, 0.717) is 5.92 Å². The van der Waals surface area contributed by atoms with E-state index in [2.05, 4.69) is 12.2 Å². The molecule has 2 nitrogen and oxygen atoms in total. The maximum atomic E-state index is 9.23. The lowest BCUT2D eigenvalue weighted by Gasteiger charge is -2.14. The third-order valence-electron chi connectivity index (χ3n) is 2.51. The normalized spacial score (nSPS) is 14.8. The topological polar surface area (TPSA) is 32.3 Å². The molecule has 0 bridgehead atoms. The summed E-state index contributed by atoms with van der Waals surface area (Å²) in [5, 5.41) is 13.4. The van der Waals surface area contributed by atoms with Gasteiger partial charge in [-0.1, -0.05) is 36.7 Å². The predicted octanol–water partition coefficient (Wildman–Crippen LogP) is 2.84. The summed E-state index contributed by atoms with van der Waals surface area (Å²) in [6.45, 7) is 5.64. The molecule has 0 aliphatic rings. The SMILES string of the molecule is CC(O)CC(C)CNCc1ccccc1Cl. The van der Waals surface area contributed by atoms with Gasteiger partial charge in [0.05, 0.1) is 6.10 Å². The summed E-state index contributed by atoms with van der Waals surface area (Å²) in [6, 6.07) is 7.84. The van der Waals surface area contributed by atoms with Gasteiger partial charge in [-0.3, -0.25) is 0 Å². The van der Waals surface area contributed by atoms with Crippen LogP contribution in [0.3, 0.4) is 0 Å². The van der Waals surface area contributed by atoms with Gasteiger partial charge in [0.1, 0.15) is 0 Å². The minimum Gasteiger partial charge on any atom is -0.393 e. The van der Waals surface area contributed by atoms with E-state index in [1.807, 2.05) is 31.2 Å². The molecule has 0 aliphatic carbocycles. The standard InChI is InChI=1S/C13H20ClNO/c1-10(7-11(2)16)8-15-9-12-5-3-4-6-13(12)14/h3-6,10-11,15-16H,7-9H2,1-2H3. The first-order valence-corrected chi connectivity index (χ1v) is 6.09. The van der Waals surface area contributed by atoms with Crippen molar-refractivity contribution in [3.05, 3.63) is 34.9 Å². The highest BCUT2D eigenvalue weighted by atomic mass is 35.5. The molecule has 0 saturated heterocycles. The lowest BCUT2D eigenvalue weighted by Crippen LogP contribution is -2.23. The second-order valence-corrected chi connectivity index (χ2v) is 4.82. The van der Waals surface area contributed by atoms with Crippen LogP contribution in [0.4, 0.5) is 0 Å². The van der Waals surface area contributed by atoms with Crippen LogP contribution >= 0.6 is 11.6 Å². The molecule has 90 valence electrons. The third-order valence-corrected chi connectivity index (χ3v) is 2.88. The predicted molar refractivity (Wildman–Crippen MR) is 68.6 cm³/mol. The maximum Gasteiger partial charge on any atom is 0.0515 e. The molecule has 0 radical (unpaired) electrons. The molecular formula is C13H20ClNO. The summed E-state index contributed by atoms with van der Waals surface area (Å²) in [5.41, 5.74) is 1.12. The van der Waals surface area contributed by atoms with Gasteiger partial charge in [0, 0.05) is 11.6 Å². The first kappa shape index (κ1) is 13.5. The Morgan fingerprint density at radius 2 is 2.00 bits per heavy atom. The summed E-state index contributed by atoms with van der Waals surface area (Å²) < 4.78 is 0. The fourth-order valence-corrected chi connectivity index (χ4v) is 1.96. The smallest absolute Gasteiger partial charge is 0.0515 e. The van der Waals surface area contributed by atoms with E-state index in [0.717, 1.165) is 30.1 Å². The number of hydrogen-bond acceptors (Lipinski definition) is 2. The van der Waals surface area contributed by atoms with Crippen LogP contribution in [0.5, 0.6) is 0 Å². The van der Waals surface area contributed by atoms with E-state index >= 15 is 0 Å². The first-order chi connectivity index (χ1) is 7.59. The average molecular weight is 242 g/mol. The van der Waals surface area contributed by atoms with Crippen molar-refractivity contribution >= 4 is 11.6 Å². The highest BCUT2D eigenvalue weighted by molar-refractivity contribution is 6.31. The van der Waals surface area contributed by atoms with Crippen LogP contribution in [0.15, 0.2) is 24.3 Å². The Morgan fingerprint density at radius 3 is 2.62 bits per heavy atom. The van der Waals surface area contributed by atoms with Crippen LogP contribution in [0.1, 0.15) is 25.8 Å². The average Bonchev–Trinajstić information content (AvgIpc) is 2.19. The molecule has 3 heteroatoms. The summed E-state index contributed by atoms with van der Waals surface area (Å²) in [4.78, 5) is 0. The van der Waals surface area contributed by atoms with E-state index in [1.54, 1.807) is 0 Å². The number of halogens is 1. The third kappa shape index (κ3) is 4.97. The van der Waals surface area contributed by atoms with Gasteiger partial charge < -0.3 is 10.4 Å². The molecule has 0 aliphatic heterocycles. The zero-order valence-electron chi connectivity index (χ0n) is 9.91. The first-order valence-electron chi connectivity index (χ1n) is 5.71. The van der Waals surface area contributed by atoms with E-state index in [-0.39, 0.29) is 6.10 Å². The largest absolute Gasteiger partial charge is 0.393 e. The molecular weight excluding hydrogens is 222 g/mol. The second kappa shape index (κ2) is 6.89. The van der Waals surface area contributed by atoms with Crippen LogP contribution in [-0.4, -0.2) is 17.8 Å². The van der Waals surface area contributed by atoms with E-state index < -0.39 is 0 Å². The highest BCUT2D eigenvalue weighted by Gasteiger charge is 2.06. The van der Waals surface area contributed by atoms with Crippen LogP contribution in [-0.2, 0) is 6.54 Å². The van der Waals surface area contributed by atoms with Gasteiger partial charge >= 0.3 is 0 Å². The summed E-state index contributed by atoms with van der Waals surface area (Å²) >= 11 is 6.04. The van der Waals surface area contributed by atoms with Gasteiger partial charge in [0.2, 0.25) is 0 Å². The van der Waals surface area contributed by atoms with Crippen molar-refractivity contribution in [2.24, 2.45) is 5.92 Å². The second-order valence-electron chi connectivity index (χ2n) is 4.41. The molecule has 1 aromatic carbocycles. The van der Waals surface area contributed by atoms with Crippen LogP contribution in [0.25, 0.3) is 0 Å². The summed E-state index contributed by atoms with van der Waals surface area (Å²) in [6.07, 6.45) is 0.604. The van der Waals surface area contributed by atoms with Gasteiger partial charge in [-0.2, -0.15) is 0 Å². The molecule has 0 aromatic heterocycles. The van der Waals surface area contributed by atoms with Crippen LogP contribution < -0.4 is 5.32 Å². The number of aliphatic hydroxyl groups is 1. The van der Waals surface area contributed by atoms with Crippen molar-refractivity contribution in [1.29, 1.82) is 0 Å². The van der Waals surface area contributed by atoms with Crippen molar-refractivity contribution in [3.8, 4) is 0 Å². The molecule has 1 rings (SSSR count). The number of aliphatic hydroxyl groups excluding tert-OH is 1. The van der Waals surface area contributed by atoms with Gasteiger partial charge in [-0.05, 0) is 37.4 Å². The quantitative estimate of drug-likeness (QED) is 0.803. The fraction of sp³-hybridized carbons (Fsp3) is 0.538. The van der Waals surface area contributed by atoms with Crippen molar-refractivity contribution < 1.29 is 5.11 Å². The molecule has 1 aromatic rings. The van der Waals surface area contributed by atoms with Gasteiger partial charge in [0.25, 0.3) is 0 Å². The Bertz CT molecular complexity index is 315. The number of benzene rings is 1. The molecule has 0 heterocycles. The lowest BCUT2D eigenvalue weighted by atomic mass is 10.0. The zero-order valence-corrected chi connectivity index (χ0v) is 10.7. The molecule has 0 amide bonds. The Labute approximate surface area is 103 Å². The van der Waals surface area contributed by atoms with Crippen molar-refractivity contribution in [2.75, 3.05) is 6.54 Å². The monoisotopic (exact) mass is 241 g/mol. The van der Waals surface area contributed by atoms with Crippen LogP contribution in [0, 0.1) is 5.92 Å². The number of rotatable bonds is 6. The Hall–Kier alpha value is -0.570. The van der Waals surface area contributed by atoms with E-state index in [1.165, 1.54) is 0 Å². The minimum absolute atomic E-state index is 0.225. The van der Waals surface area contributed by atoms with Gasteiger partial charge in [-0.15, -0.1) is 0 Å². The highest BCUT2D eigenvalue weighted by Crippen LogP contribution is 2.14. The molecule has 2 N–H and O–H groups in total. The minimum atomic E-state index is -0.225. The molecule has 16 heavy (non-hydrogen) atoms. The number of nitrogens with one attached hydrogen (secondary N) is 1. The molecule has 2 atom stereocenters. The lowest BCUT2D eigenvalue weighted by molar-refractivity contribution is 0.163. The van der Waals surface area contributed by atoms with Gasteiger partial charge in [-0.25, -0.2) is 0 Å². The van der Waals surface area contributed by atoms with Crippen molar-refractivity contribution in [2.45, 2.75) is 32.9 Å². The van der Waals surface area contributed by atoms with Crippen molar-refractivity contribution in [1.82, 2.24) is 5.32 Å². The van der Waals surface area contributed by atoms with E-state index in [4.69, 9.17) is 11.6 Å². The maximum absolute atomic E-state index is 9.23. The Morgan fingerprint density at radius 1 is 1.31 bits per heavy atom. The van der Waals surface area contributed by atoms with Crippen molar-refractivity contribution in [3.63, 3.8) is 0 Å². The number of hydrogen-bond donors (Lipinski definition) is 2. The van der Waals surface area contributed by atoms with Crippen LogP contribution in [0.2, 0.25) is 5.02 Å². The van der Waals surface area contributed by atoms with Gasteiger partial charge in [0.15, 0.2) is 0 Å². The summed E-state index contributed by atoms with van der Waals surface area (Å²) in [5.74, 6) is 0.475. The zero-order chi connectivity index (χ0) is 12.0. The Balaban J connectivity index is 2.28. The summed E-state index contributed by atoms with van der Waals surface area (Å²) in [7, 11) is 0. The fourth-order valence-electron chi connectivity index (χ4n) is 1.76. The molecule has 2 unspecified atom stereocenters. The molecule has 0 spiro atoms.